The number of aliphatic hydroxyl groups is 1. The number of nitrogens with one attached hydrogen (secondary N) is 1. The fourth-order valence-corrected chi connectivity index (χ4v) is 8.41. The monoisotopic (exact) mass is 857 g/mol. The summed E-state index contributed by atoms with van der Waals surface area (Å²) in [5.41, 5.74) is 0. The third kappa shape index (κ3) is 45.1. The van der Waals surface area contributed by atoms with Crippen LogP contribution in [-0.2, 0) is 18.4 Å². The SMILES string of the molecule is CCCCCCCCCCCCCC/C=C\CCCCCCCCCC(=O)NC(COP(=O)([O-])OCC[N+](C)(C)C)C(O)CCCCCCCCCCCCCCCC. The third-order valence-electron chi connectivity index (χ3n) is 11.8. The van der Waals surface area contributed by atoms with Crippen molar-refractivity contribution in [2.24, 2.45) is 0 Å². The van der Waals surface area contributed by atoms with Gasteiger partial charge in [-0.3, -0.25) is 9.36 Å². The number of nitrogens with zero attached hydrogens (tertiary/aromatic N) is 1. The van der Waals surface area contributed by atoms with Crippen molar-refractivity contribution in [2.75, 3.05) is 40.9 Å². The average molecular weight is 857 g/mol. The zero-order valence-corrected chi connectivity index (χ0v) is 40.9. The number of aliphatic hydroxyl groups excluding tert-OH is 1. The van der Waals surface area contributed by atoms with Crippen molar-refractivity contribution in [3.05, 3.63) is 12.2 Å². The van der Waals surface area contributed by atoms with E-state index >= 15 is 0 Å². The Hall–Kier alpha value is -0.760. The average Bonchev–Trinajstić information content (AvgIpc) is 3.19. The highest BCUT2D eigenvalue weighted by atomic mass is 31.2. The summed E-state index contributed by atoms with van der Waals surface area (Å²) in [4.78, 5) is 25.4. The van der Waals surface area contributed by atoms with Crippen LogP contribution >= 0.6 is 7.82 Å². The second kappa shape index (κ2) is 42.5. The number of unbranched alkanes of at least 4 members (excludes halogenated alkanes) is 32. The molecule has 0 aliphatic carbocycles. The molecule has 0 spiro atoms. The van der Waals surface area contributed by atoms with Crippen LogP contribution in [0.15, 0.2) is 12.2 Å². The molecule has 0 radical (unpaired) electrons. The van der Waals surface area contributed by atoms with Crippen LogP contribution in [0.25, 0.3) is 0 Å². The van der Waals surface area contributed by atoms with E-state index < -0.39 is 20.0 Å². The van der Waals surface area contributed by atoms with Crippen molar-refractivity contribution in [3.8, 4) is 0 Å². The normalized spacial score (nSPS) is 14.2. The van der Waals surface area contributed by atoms with E-state index in [9.17, 15) is 19.4 Å². The largest absolute Gasteiger partial charge is 0.756 e. The lowest BCUT2D eigenvalue weighted by Crippen LogP contribution is -2.46. The topological polar surface area (TPSA) is 108 Å². The smallest absolute Gasteiger partial charge is 0.268 e. The summed E-state index contributed by atoms with van der Waals surface area (Å²) < 4.78 is 23.3. The Balaban J connectivity index is 4.20. The Morgan fingerprint density at radius 1 is 0.576 bits per heavy atom. The number of allylic oxidation sites excluding steroid dienone is 2. The number of quaternary nitrogens is 1. The van der Waals surface area contributed by atoms with E-state index in [0.717, 1.165) is 38.5 Å². The second-order valence-electron chi connectivity index (χ2n) is 18.9. The summed E-state index contributed by atoms with van der Waals surface area (Å²) >= 11 is 0. The molecule has 0 aromatic heterocycles. The number of phosphoric ester groups is 1. The van der Waals surface area contributed by atoms with Crippen LogP contribution in [0.1, 0.15) is 251 Å². The number of carbonyl (C=O) groups is 1. The number of carbonyl (C=O) groups excluding carboxylic acids is 1. The minimum Gasteiger partial charge on any atom is -0.756 e. The number of hydrogen-bond donors (Lipinski definition) is 2. The lowest BCUT2D eigenvalue weighted by molar-refractivity contribution is -0.870. The summed E-state index contributed by atoms with van der Waals surface area (Å²) in [7, 11) is 1.31. The molecule has 0 aliphatic rings. The highest BCUT2D eigenvalue weighted by Crippen LogP contribution is 2.38. The standard InChI is InChI=1S/C50H101N2O6P/c1-6-8-10-12-14-16-18-20-22-23-24-25-26-27-28-29-30-32-34-36-38-40-42-44-50(54)51-48(47-58-59(55,56)57-46-45-52(3,4)5)49(53)43-41-39-37-35-33-31-21-19-17-15-13-11-9-7-2/h27-28,48-49,53H,6-26,29-47H2,1-5H3,(H-,51,54,55,56)/b28-27-. The highest BCUT2D eigenvalue weighted by Gasteiger charge is 2.24. The quantitative estimate of drug-likeness (QED) is 0.0273. The number of amides is 1. The molecule has 0 saturated heterocycles. The molecule has 1 amide bonds. The van der Waals surface area contributed by atoms with Gasteiger partial charge in [0.15, 0.2) is 0 Å². The number of rotatable bonds is 47. The van der Waals surface area contributed by atoms with Gasteiger partial charge in [-0.2, -0.15) is 0 Å². The van der Waals surface area contributed by atoms with Crippen LogP contribution in [0.3, 0.4) is 0 Å². The van der Waals surface area contributed by atoms with E-state index in [1.165, 1.54) is 186 Å². The minimum atomic E-state index is -4.56. The van der Waals surface area contributed by atoms with Gasteiger partial charge in [0.1, 0.15) is 13.2 Å². The van der Waals surface area contributed by atoms with Gasteiger partial charge in [0, 0.05) is 6.42 Å². The molecule has 3 unspecified atom stereocenters. The molecule has 0 saturated carbocycles. The fourth-order valence-electron chi connectivity index (χ4n) is 7.68. The Morgan fingerprint density at radius 2 is 0.932 bits per heavy atom. The molecule has 9 heteroatoms. The molecule has 2 N–H and O–H groups in total. The van der Waals surface area contributed by atoms with Gasteiger partial charge < -0.3 is 28.8 Å². The molecule has 3 atom stereocenters. The summed E-state index contributed by atoms with van der Waals surface area (Å²) in [5, 5.41) is 13.9. The zero-order valence-electron chi connectivity index (χ0n) is 40.0. The van der Waals surface area contributed by atoms with Gasteiger partial charge in [0.25, 0.3) is 7.82 Å². The highest BCUT2D eigenvalue weighted by molar-refractivity contribution is 7.45. The molecule has 0 bridgehead atoms. The van der Waals surface area contributed by atoms with Crippen LogP contribution in [0, 0.1) is 0 Å². The molecule has 8 nitrogen and oxygen atoms in total. The first-order chi connectivity index (χ1) is 28.5. The molecule has 0 aromatic rings. The fraction of sp³-hybridized carbons (Fsp3) is 0.940. The number of likely N-dealkylation sites (N-methyl/N-ethyl adjacent to an activating group) is 1. The van der Waals surface area contributed by atoms with E-state index in [1.54, 1.807) is 0 Å². The van der Waals surface area contributed by atoms with Gasteiger partial charge in [-0.25, -0.2) is 0 Å². The van der Waals surface area contributed by atoms with Gasteiger partial charge in [-0.1, -0.05) is 219 Å². The van der Waals surface area contributed by atoms with Crippen molar-refractivity contribution in [2.45, 2.75) is 264 Å². The van der Waals surface area contributed by atoms with Crippen molar-refractivity contribution in [3.63, 3.8) is 0 Å². The van der Waals surface area contributed by atoms with Gasteiger partial charge in [0.05, 0.1) is 39.9 Å². The van der Waals surface area contributed by atoms with Gasteiger partial charge in [-0.15, -0.1) is 0 Å². The molecule has 0 fully saturated rings. The maximum atomic E-state index is 12.9. The van der Waals surface area contributed by atoms with Gasteiger partial charge in [0.2, 0.25) is 5.91 Å². The zero-order chi connectivity index (χ0) is 43.6. The Morgan fingerprint density at radius 3 is 1.32 bits per heavy atom. The van der Waals surface area contributed by atoms with Gasteiger partial charge >= 0.3 is 0 Å². The molecule has 0 aliphatic heterocycles. The Kier molecular flexibility index (Phi) is 42.0. The second-order valence-corrected chi connectivity index (χ2v) is 20.3. The van der Waals surface area contributed by atoms with Crippen molar-refractivity contribution >= 4 is 13.7 Å². The summed E-state index contributed by atoms with van der Waals surface area (Å²) in [6.07, 6.45) is 49.4. The van der Waals surface area contributed by atoms with Gasteiger partial charge in [-0.05, 0) is 38.5 Å². The van der Waals surface area contributed by atoms with Crippen LogP contribution < -0.4 is 10.2 Å². The van der Waals surface area contributed by atoms with Crippen LogP contribution in [-0.4, -0.2) is 68.5 Å². The third-order valence-corrected chi connectivity index (χ3v) is 12.7. The van der Waals surface area contributed by atoms with E-state index in [-0.39, 0.29) is 19.1 Å². The number of phosphoric acid groups is 1. The Bertz CT molecular complexity index is 974. The van der Waals surface area contributed by atoms with E-state index in [4.69, 9.17) is 9.05 Å². The summed E-state index contributed by atoms with van der Waals surface area (Å²) in [6, 6.07) is -0.799. The lowest BCUT2D eigenvalue weighted by atomic mass is 10.0. The first-order valence-electron chi connectivity index (χ1n) is 25.5. The van der Waals surface area contributed by atoms with E-state index in [2.05, 4.69) is 31.3 Å². The molecule has 0 rings (SSSR count). The lowest BCUT2D eigenvalue weighted by Gasteiger charge is -2.30. The number of hydrogen-bond acceptors (Lipinski definition) is 6. The summed E-state index contributed by atoms with van der Waals surface area (Å²) in [5.74, 6) is -0.166. The van der Waals surface area contributed by atoms with Crippen molar-refractivity contribution < 1.29 is 32.9 Å². The first kappa shape index (κ1) is 58.2. The first-order valence-corrected chi connectivity index (χ1v) is 27.0. The predicted molar refractivity (Wildman–Crippen MR) is 252 cm³/mol. The maximum Gasteiger partial charge on any atom is 0.268 e. The predicted octanol–water partition coefficient (Wildman–Crippen LogP) is 14.1. The van der Waals surface area contributed by atoms with Crippen LogP contribution in [0.5, 0.6) is 0 Å². The molecule has 0 aromatic carbocycles. The Labute approximate surface area is 367 Å². The molecular formula is C50H101N2O6P. The van der Waals surface area contributed by atoms with E-state index in [0.29, 0.717) is 23.9 Å². The van der Waals surface area contributed by atoms with Crippen LogP contribution in [0.4, 0.5) is 0 Å². The maximum absolute atomic E-state index is 12.9. The van der Waals surface area contributed by atoms with E-state index in [1.807, 2.05) is 21.1 Å². The van der Waals surface area contributed by atoms with Crippen molar-refractivity contribution in [1.29, 1.82) is 0 Å². The summed E-state index contributed by atoms with van der Waals surface area (Å²) in [6.45, 7) is 4.74. The van der Waals surface area contributed by atoms with Crippen molar-refractivity contribution in [1.82, 2.24) is 5.32 Å². The molecule has 59 heavy (non-hydrogen) atoms. The van der Waals surface area contributed by atoms with Crippen LogP contribution in [0.2, 0.25) is 0 Å². The molecular weight excluding hydrogens is 756 g/mol. The molecule has 0 heterocycles. The molecule has 352 valence electrons. The minimum absolute atomic E-state index is 0.0134.